The van der Waals surface area contributed by atoms with Crippen molar-refractivity contribution >= 4 is 17.8 Å². The number of rotatable bonds is 7. The summed E-state index contributed by atoms with van der Waals surface area (Å²) in [6.45, 7) is 10.9. The first-order valence-corrected chi connectivity index (χ1v) is 16.4. The monoisotopic (exact) mass is 628 g/mol. The van der Waals surface area contributed by atoms with Gasteiger partial charge in [-0.2, -0.15) is 10.2 Å². The largest absolute Gasteiger partial charge is 0.465 e. The quantitative estimate of drug-likeness (QED) is 0.388. The molecule has 2 amide bonds. The maximum atomic E-state index is 12.6. The lowest BCUT2D eigenvalue weighted by molar-refractivity contribution is -0.144. The minimum Gasteiger partial charge on any atom is -0.465 e. The van der Waals surface area contributed by atoms with Gasteiger partial charge in [0.15, 0.2) is 0 Å². The third kappa shape index (κ3) is 7.10. The number of nitrogens with zero attached hydrogens (tertiary/aromatic N) is 4. The summed E-state index contributed by atoms with van der Waals surface area (Å²) < 4.78 is 19.5. The number of esters is 1. The molecule has 0 aliphatic carbocycles. The van der Waals surface area contributed by atoms with Crippen LogP contribution in [-0.2, 0) is 57.8 Å². The molecule has 0 radical (unpaired) electrons. The molecule has 6 rings (SSSR count). The average Bonchev–Trinajstić information content (AvgIpc) is 3.47. The Morgan fingerprint density at radius 1 is 0.822 bits per heavy atom. The number of amides is 2. The van der Waals surface area contributed by atoms with Crippen LogP contribution in [0, 0.1) is 10.8 Å². The van der Waals surface area contributed by atoms with E-state index in [2.05, 4.69) is 20.8 Å². The Morgan fingerprint density at radius 3 is 1.73 bits per heavy atom. The smallest absolute Gasteiger partial charge is 0.327 e. The standard InChI is InChI=1S/C17H25N3O4.C15H23N3O3/c1-3-12-15-13(20(19-12)10-14(21)24-4-2)9-17(11-18-16(15)22)5-7-23-8-6-17;1-2-11-13-12(18(17-11)5-6-19)9-15(10-16-14(13)20)3-7-21-8-4-15/h3-11H2,1-2H3,(H,18,22);19H,2-10H2,1H3,(H,16,20). The number of aliphatic hydroxyl groups excluding tert-OH is 1. The molecule has 2 aromatic heterocycles. The van der Waals surface area contributed by atoms with Crippen molar-refractivity contribution in [2.45, 2.75) is 85.2 Å². The number of nitrogens with one attached hydrogen (secondary N) is 2. The molecule has 13 nitrogen and oxygen atoms in total. The number of carbonyl (C=O) groups excluding carboxylic acids is 3. The molecular weight excluding hydrogens is 580 g/mol. The summed E-state index contributed by atoms with van der Waals surface area (Å²) in [7, 11) is 0. The Morgan fingerprint density at radius 2 is 1.29 bits per heavy atom. The van der Waals surface area contributed by atoms with E-state index < -0.39 is 0 Å². The first-order chi connectivity index (χ1) is 21.8. The van der Waals surface area contributed by atoms with Crippen molar-refractivity contribution in [1.82, 2.24) is 30.2 Å². The molecule has 6 heterocycles. The lowest BCUT2D eigenvalue weighted by Crippen LogP contribution is -2.41. The maximum absolute atomic E-state index is 12.6. The summed E-state index contributed by atoms with van der Waals surface area (Å²) in [6.07, 6.45) is 6.66. The minimum atomic E-state index is -0.323. The lowest BCUT2D eigenvalue weighted by atomic mass is 9.76. The van der Waals surface area contributed by atoms with E-state index in [-0.39, 0.29) is 41.8 Å². The highest BCUT2D eigenvalue weighted by atomic mass is 16.5. The maximum Gasteiger partial charge on any atom is 0.327 e. The first kappa shape index (κ1) is 33.1. The number of hydrogen-bond donors (Lipinski definition) is 3. The molecule has 4 aliphatic rings. The third-order valence-electron chi connectivity index (χ3n) is 9.72. The van der Waals surface area contributed by atoms with Crippen LogP contribution < -0.4 is 10.6 Å². The zero-order valence-electron chi connectivity index (χ0n) is 26.9. The highest BCUT2D eigenvalue weighted by molar-refractivity contribution is 5.97. The van der Waals surface area contributed by atoms with Gasteiger partial charge in [0.2, 0.25) is 0 Å². The van der Waals surface area contributed by atoms with Gasteiger partial charge in [0.05, 0.1) is 53.7 Å². The van der Waals surface area contributed by atoms with Crippen LogP contribution in [0.2, 0.25) is 0 Å². The predicted molar refractivity (Wildman–Crippen MR) is 164 cm³/mol. The highest BCUT2D eigenvalue weighted by Crippen LogP contribution is 2.38. The molecule has 0 bridgehead atoms. The van der Waals surface area contributed by atoms with E-state index in [1.165, 1.54) is 0 Å². The molecule has 0 aromatic carbocycles. The minimum absolute atomic E-state index is 0.0172. The van der Waals surface area contributed by atoms with Gasteiger partial charge in [-0.15, -0.1) is 0 Å². The topological polar surface area (TPSA) is 159 Å². The molecule has 2 saturated heterocycles. The molecule has 0 unspecified atom stereocenters. The summed E-state index contributed by atoms with van der Waals surface area (Å²) in [6, 6.07) is 0. The fourth-order valence-corrected chi connectivity index (χ4v) is 7.08. The van der Waals surface area contributed by atoms with Crippen molar-refractivity contribution in [2.24, 2.45) is 10.8 Å². The SMILES string of the molecule is CCOC(=O)Cn1nc(CC)c2c1CC1(CCOCC1)CNC2=O.CCc1nn(CCO)c2c1C(=O)NCC1(CCOCC1)C2. The van der Waals surface area contributed by atoms with E-state index >= 15 is 0 Å². The van der Waals surface area contributed by atoms with Crippen LogP contribution in [0.25, 0.3) is 0 Å². The van der Waals surface area contributed by atoms with E-state index in [9.17, 15) is 19.5 Å². The number of aromatic nitrogens is 4. The predicted octanol–water partition coefficient (Wildman–Crippen LogP) is 1.61. The second-order valence-corrected chi connectivity index (χ2v) is 12.6. The van der Waals surface area contributed by atoms with Gasteiger partial charge in [0.25, 0.3) is 11.8 Å². The van der Waals surface area contributed by atoms with Crippen LogP contribution in [-0.4, -0.2) is 95.2 Å². The van der Waals surface area contributed by atoms with E-state index in [1.54, 1.807) is 11.6 Å². The molecule has 248 valence electrons. The molecule has 0 atom stereocenters. The number of hydrogen-bond acceptors (Lipinski definition) is 9. The van der Waals surface area contributed by atoms with Gasteiger partial charge in [-0.05, 0) is 69.1 Å². The van der Waals surface area contributed by atoms with Crippen molar-refractivity contribution in [3.63, 3.8) is 0 Å². The fourth-order valence-electron chi connectivity index (χ4n) is 7.08. The average molecular weight is 629 g/mol. The molecule has 4 aliphatic heterocycles. The van der Waals surface area contributed by atoms with Crippen LogP contribution in [0.15, 0.2) is 0 Å². The summed E-state index contributed by atoms with van der Waals surface area (Å²) in [5.41, 5.74) is 4.85. The van der Waals surface area contributed by atoms with Gasteiger partial charge in [0, 0.05) is 39.5 Å². The van der Waals surface area contributed by atoms with Crippen molar-refractivity contribution in [3.8, 4) is 0 Å². The Hall–Kier alpha value is -3.29. The van der Waals surface area contributed by atoms with Gasteiger partial charge in [-0.1, -0.05) is 13.8 Å². The second-order valence-electron chi connectivity index (χ2n) is 12.6. The van der Waals surface area contributed by atoms with Gasteiger partial charge >= 0.3 is 5.97 Å². The molecule has 13 heteroatoms. The molecule has 45 heavy (non-hydrogen) atoms. The van der Waals surface area contributed by atoms with Gasteiger partial charge < -0.3 is 30.0 Å². The van der Waals surface area contributed by atoms with Crippen LogP contribution >= 0.6 is 0 Å². The zero-order valence-corrected chi connectivity index (χ0v) is 26.9. The molecule has 2 aromatic rings. The number of aliphatic hydroxyl groups is 1. The molecule has 2 fully saturated rings. The number of ether oxygens (including phenoxy) is 3. The zero-order chi connectivity index (χ0) is 32.0. The molecular formula is C32H48N6O7. The summed E-state index contributed by atoms with van der Waals surface area (Å²) in [4.78, 5) is 37.0. The van der Waals surface area contributed by atoms with Gasteiger partial charge in [-0.25, -0.2) is 0 Å². The van der Waals surface area contributed by atoms with E-state index in [0.717, 1.165) is 86.5 Å². The number of aryl methyl sites for hydroxylation is 2. The van der Waals surface area contributed by atoms with Crippen molar-refractivity contribution in [3.05, 3.63) is 33.9 Å². The summed E-state index contributed by atoms with van der Waals surface area (Å²) in [5.74, 6) is -0.425. The van der Waals surface area contributed by atoms with Crippen LogP contribution in [0.1, 0.15) is 89.9 Å². The van der Waals surface area contributed by atoms with Crippen molar-refractivity contribution in [1.29, 1.82) is 0 Å². The van der Waals surface area contributed by atoms with Crippen LogP contribution in [0.3, 0.4) is 0 Å². The fraction of sp³-hybridized carbons (Fsp3) is 0.719. The van der Waals surface area contributed by atoms with Crippen molar-refractivity contribution < 1.29 is 33.7 Å². The van der Waals surface area contributed by atoms with Gasteiger partial charge in [-0.3, -0.25) is 23.7 Å². The lowest BCUT2D eigenvalue weighted by Gasteiger charge is -2.36. The molecule has 0 saturated carbocycles. The Labute approximate surface area is 264 Å². The summed E-state index contributed by atoms with van der Waals surface area (Å²) >= 11 is 0. The Kier molecular flexibility index (Phi) is 10.6. The highest BCUT2D eigenvalue weighted by Gasteiger charge is 2.41. The number of carbonyl (C=O) groups is 3. The first-order valence-electron chi connectivity index (χ1n) is 16.4. The number of fused-ring (bicyclic) bond motifs is 2. The van der Waals surface area contributed by atoms with E-state index in [0.29, 0.717) is 51.4 Å². The van der Waals surface area contributed by atoms with Gasteiger partial charge in [0.1, 0.15) is 6.54 Å². The van der Waals surface area contributed by atoms with E-state index in [1.807, 2.05) is 18.5 Å². The Balaban J connectivity index is 0.000000179. The van der Waals surface area contributed by atoms with Crippen LogP contribution in [0.4, 0.5) is 0 Å². The molecule has 2 spiro atoms. The molecule has 3 N–H and O–H groups in total. The van der Waals surface area contributed by atoms with E-state index in [4.69, 9.17) is 14.2 Å². The normalized spacial score (nSPS) is 20.2. The third-order valence-corrected chi connectivity index (χ3v) is 9.72. The van der Waals surface area contributed by atoms with Crippen molar-refractivity contribution in [2.75, 3.05) is 52.7 Å². The Bertz CT molecular complexity index is 1370. The second kappa shape index (κ2) is 14.4. The van der Waals surface area contributed by atoms with Crippen LogP contribution in [0.5, 0.6) is 0 Å². The summed E-state index contributed by atoms with van der Waals surface area (Å²) in [5, 5.41) is 24.5.